The number of carboxylic acids is 1. The fraction of sp³-hybridized carbons (Fsp3) is 0.231. The Kier molecular flexibility index (Phi) is 4.86. The van der Waals surface area contributed by atoms with Crippen molar-refractivity contribution in [3.8, 4) is 0 Å². The predicted octanol–water partition coefficient (Wildman–Crippen LogP) is 3.01. The van der Waals surface area contributed by atoms with E-state index in [1.807, 2.05) is 6.92 Å². The van der Waals surface area contributed by atoms with Gasteiger partial charge in [-0.05, 0) is 25.1 Å². The molecule has 0 saturated carbocycles. The van der Waals surface area contributed by atoms with Crippen molar-refractivity contribution in [2.75, 3.05) is 5.75 Å². The Labute approximate surface area is 124 Å². The molecule has 0 bridgehead atoms. The second kappa shape index (κ2) is 6.62. The number of nitrogens with one attached hydrogen (secondary N) is 1. The highest BCUT2D eigenvalue weighted by Gasteiger charge is 2.13. The Morgan fingerprint density at radius 3 is 2.95 bits per heavy atom. The summed E-state index contributed by atoms with van der Waals surface area (Å²) in [6, 6.07) is 4.96. The van der Waals surface area contributed by atoms with Crippen LogP contribution in [0.2, 0.25) is 0 Å². The van der Waals surface area contributed by atoms with Gasteiger partial charge in [0.1, 0.15) is 10.6 Å². The van der Waals surface area contributed by atoms with Crippen LogP contribution in [0.25, 0.3) is 0 Å². The van der Waals surface area contributed by atoms with Crippen molar-refractivity contribution in [3.05, 3.63) is 40.5 Å². The van der Waals surface area contributed by atoms with E-state index in [2.05, 4.69) is 5.32 Å². The molecule has 2 N–H and O–H groups in total. The second-order valence-electron chi connectivity index (χ2n) is 4.05. The lowest BCUT2D eigenvalue weighted by Crippen LogP contribution is -2.27. The zero-order valence-electron chi connectivity index (χ0n) is 10.7. The monoisotopic (exact) mass is 311 g/mol. The van der Waals surface area contributed by atoms with Crippen LogP contribution < -0.4 is 5.32 Å². The van der Waals surface area contributed by atoms with E-state index >= 15 is 0 Å². The molecule has 1 amide bonds. The molecule has 0 aliphatic rings. The molecule has 2 aromatic rings. The molecule has 1 atom stereocenters. The number of furan rings is 1. The minimum atomic E-state index is -0.947. The topological polar surface area (TPSA) is 79.5 Å². The molecule has 106 valence electrons. The van der Waals surface area contributed by atoms with Crippen molar-refractivity contribution in [3.63, 3.8) is 0 Å². The molecule has 0 aromatic carbocycles. The van der Waals surface area contributed by atoms with E-state index in [0.29, 0.717) is 5.76 Å². The molecular formula is C13H13NO4S2. The smallest absolute Gasteiger partial charge is 0.345 e. The summed E-state index contributed by atoms with van der Waals surface area (Å²) in [5, 5.41) is 13.4. The van der Waals surface area contributed by atoms with Gasteiger partial charge in [0.25, 0.3) is 0 Å². The number of thiophene rings is 1. The summed E-state index contributed by atoms with van der Waals surface area (Å²) >= 11 is 2.46. The molecule has 7 heteroatoms. The van der Waals surface area contributed by atoms with E-state index in [1.54, 1.807) is 29.8 Å². The van der Waals surface area contributed by atoms with E-state index in [0.717, 1.165) is 16.2 Å². The first-order valence-electron chi connectivity index (χ1n) is 5.83. The molecule has 0 radical (unpaired) electrons. The highest BCUT2D eigenvalue weighted by atomic mass is 32.2. The Bertz CT molecular complexity index is 591. The number of rotatable bonds is 6. The minimum Gasteiger partial charge on any atom is -0.477 e. The number of carbonyl (C=O) groups is 2. The molecule has 2 aromatic heterocycles. The SMILES string of the molecule is CC(NC(=O)CSc1csc(C(=O)O)c1)c1ccco1. The molecule has 0 aliphatic carbocycles. The highest BCUT2D eigenvalue weighted by molar-refractivity contribution is 8.00. The van der Waals surface area contributed by atoms with Crippen LogP contribution in [0.5, 0.6) is 0 Å². The molecule has 20 heavy (non-hydrogen) atoms. The fourth-order valence-corrected chi connectivity index (χ4v) is 3.23. The molecule has 0 spiro atoms. The van der Waals surface area contributed by atoms with Crippen LogP contribution >= 0.6 is 23.1 Å². The van der Waals surface area contributed by atoms with Crippen LogP contribution in [0.3, 0.4) is 0 Å². The van der Waals surface area contributed by atoms with Crippen molar-refractivity contribution in [1.82, 2.24) is 5.32 Å². The summed E-state index contributed by atoms with van der Waals surface area (Å²) < 4.78 is 5.20. The molecule has 5 nitrogen and oxygen atoms in total. The maximum atomic E-state index is 11.8. The molecular weight excluding hydrogens is 298 g/mol. The number of hydrogen-bond acceptors (Lipinski definition) is 5. The summed E-state index contributed by atoms with van der Waals surface area (Å²) in [6.45, 7) is 1.84. The second-order valence-corrected chi connectivity index (χ2v) is 6.01. The fourth-order valence-electron chi connectivity index (χ4n) is 1.55. The number of carbonyl (C=O) groups excluding carboxylic acids is 1. The van der Waals surface area contributed by atoms with Gasteiger partial charge < -0.3 is 14.8 Å². The molecule has 2 rings (SSSR count). The van der Waals surface area contributed by atoms with Gasteiger partial charge in [-0.25, -0.2) is 4.79 Å². The number of aromatic carboxylic acids is 1. The lowest BCUT2D eigenvalue weighted by Gasteiger charge is -2.10. The number of hydrogen-bond donors (Lipinski definition) is 2. The van der Waals surface area contributed by atoms with Gasteiger partial charge in [-0.15, -0.1) is 23.1 Å². The first-order chi connectivity index (χ1) is 9.56. The summed E-state index contributed by atoms with van der Waals surface area (Å²) in [7, 11) is 0. The van der Waals surface area contributed by atoms with Crippen molar-refractivity contribution < 1.29 is 19.1 Å². The first-order valence-corrected chi connectivity index (χ1v) is 7.70. The van der Waals surface area contributed by atoms with Gasteiger partial charge in [0, 0.05) is 10.3 Å². The number of amides is 1. The van der Waals surface area contributed by atoms with Crippen molar-refractivity contribution in [2.24, 2.45) is 0 Å². The normalized spacial score (nSPS) is 12.1. The van der Waals surface area contributed by atoms with Crippen LogP contribution in [0.4, 0.5) is 0 Å². The minimum absolute atomic E-state index is 0.123. The maximum Gasteiger partial charge on any atom is 0.345 e. The third-order valence-electron chi connectivity index (χ3n) is 2.50. The Morgan fingerprint density at radius 2 is 2.35 bits per heavy atom. The lowest BCUT2D eigenvalue weighted by molar-refractivity contribution is -0.119. The zero-order valence-corrected chi connectivity index (χ0v) is 12.3. The first kappa shape index (κ1) is 14.7. The lowest BCUT2D eigenvalue weighted by atomic mass is 10.2. The maximum absolute atomic E-state index is 11.8. The molecule has 1 unspecified atom stereocenters. The molecule has 0 saturated heterocycles. The zero-order chi connectivity index (χ0) is 14.5. The van der Waals surface area contributed by atoms with Crippen LogP contribution in [-0.2, 0) is 4.79 Å². The standard InChI is InChI=1S/C13H13NO4S2/c1-8(10-3-2-4-18-10)14-12(15)7-19-9-5-11(13(16)17)20-6-9/h2-6,8H,7H2,1H3,(H,14,15)(H,16,17). The third-order valence-corrected chi connectivity index (χ3v) is 4.55. The average molecular weight is 311 g/mol. The summed E-state index contributed by atoms with van der Waals surface area (Å²) in [6.07, 6.45) is 1.56. The third kappa shape index (κ3) is 3.88. The average Bonchev–Trinajstić information content (AvgIpc) is 3.07. The van der Waals surface area contributed by atoms with Crippen LogP contribution in [0.1, 0.15) is 28.4 Å². The quantitative estimate of drug-likeness (QED) is 0.802. The van der Waals surface area contributed by atoms with Gasteiger partial charge in [-0.1, -0.05) is 0 Å². The van der Waals surface area contributed by atoms with Gasteiger partial charge in [0.15, 0.2) is 0 Å². The number of carboxylic acid groups (broad SMARTS) is 1. The number of thioether (sulfide) groups is 1. The van der Waals surface area contributed by atoms with Crippen LogP contribution in [-0.4, -0.2) is 22.7 Å². The highest BCUT2D eigenvalue weighted by Crippen LogP contribution is 2.24. The van der Waals surface area contributed by atoms with Crippen molar-refractivity contribution in [1.29, 1.82) is 0 Å². The molecule has 0 aliphatic heterocycles. The summed E-state index contributed by atoms with van der Waals surface area (Å²) in [5.41, 5.74) is 0. The van der Waals surface area contributed by atoms with Crippen molar-refractivity contribution >= 4 is 35.0 Å². The predicted molar refractivity (Wildman–Crippen MR) is 77.3 cm³/mol. The Hall–Kier alpha value is -1.73. The van der Waals surface area contributed by atoms with Gasteiger partial charge in [-0.3, -0.25) is 4.79 Å². The largest absolute Gasteiger partial charge is 0.477 e. The van der Waals surface area contributed by atoms with Crippen LogP contribution in [0.15, 0.2) is 39.2 Å². The van der Waals surface area contributed by atoms with Gasteiger partial charge >= 0.3 is 5.97 Å². The van der Waals surface area contributed by atoms with E-state index in [9.17, 15) is 9.59 Å². The molecule has 2 heterocycles. The Balaban J connectivity index is 1.81. The van der Waals surface area contributed by atoms with E-state index in [4.69, 9.17) is 9.52 Å². The Morgan fingerprint density at radius 1 is 1.55 bits per heavy atom. The van der Waals surface area contributed by atoms with E-state index in [1.165, 1.54) is 11.8 Å². The van der Waals surface area contributed by atoms with Gasteiger partial charge in [-0.2, -0.15) is 0 Å². The summed E-state index contributed by atoms with van der Waals surface area (Å²) in [4.78, 5) is 23.6. The summed E-state index contributed by atoms with van der Waals surface area (Å²) in [5.74, 6) is -0.132. The van der Waals surface area contributed by atoms with Crippen molar-refractivity contribution in [2.45, 2.75) is 17.9 Å². The van der Waals surface area contributed by atoms with Gasteiger partial charge in [0.2, 0.25) is 5.91 Å². The van der Waals surface area contributed by atoms with E-state index < -0.39 is 5.97 Å². The van der Waals surface area contributed by atoms with E-state index in [-0.39, 0.29) is 22.6 Å². The molecule has 0 fully saturated rings. The van der Waals surface area contributed by atoms with Gasteiger partial charge in [0.05, 0.1) is 18.1 Å². The van der Waals surface area contributed by atoms with Crippen LogP contribution in [0, 0.1) is 0 Å².